The summed E-state index contributed by atoms with van der Waals surface area (Å²) in [5.41, 5.74) is 5.06. The van der Waals surface area contributed by atoms with Gasteiger partial charge in [0.2, 0.25) is 0 Å². The molecule has 3 rings (SSSR count). The van der Waals surface area contributed by atoms with E-state index in [9.17, 15) is 9.90 Å². The molecule has 0 heterocycles. The third kappa shape index (κ3) is 2.79. The minimum atomic E-state index is -0.814. The molecule has 0 bridgehead atoms. The topological polar surface area (TPSA) is 37.3 Å². The van der Waals surface area contributed by atoms with Gasteiger partial charge in [-0.25, -0.2) is 4.79 Å². The number of aliphatic carboxylic acids is 1. The van der Waals surface area contributed by atoms with Gasteiger partial charge in [0.25, 0.3) is 0 Å². The Labute approximate surface area is 120 Å². The second kappa shape index (κ2) is 5.82. The van der Waals surface area contributed by atoms with E-state index in [1.165, 1.54) is 49.3 Å². The molecule has 0 radical (unpaired) electrons. The van der Waals surface area contributed by atoms with Crippen molar-refractivity contribution in [3.63, 3.8) is 0 Å². The fourth-order valence-corrected chi connectivity index (χ4v) is 3.73. The van der Waals surface area contributed by atoms with Crippen molar-refractivity contribution in [3.05, 3.63) is 41.0 Å². The van der Waals surface area contributed by atoms with Gasteiger partial charge in [0, 0.05) is 6.08 Å². The van der Waals surface area contributed by atoms with Crippen LogP contribution in [0.4, 0.5) is 0 Å². The third-order valence-corrected chi connectivity index (χ3v) is 4.76. The summed E-state index contributed by atoms with van der Waals surface area (Å²) in [4.78, 5) is 11.2. The van der Waals surface area contributed by atoms with Gasteiger partial charge in [0.05, 0.1) is 0 Å². The van der Waals surface area contributed by atoms with E-state index in [0.717, 1.165) is 30.4 Å². The van der Waals surface area contributed by atoms with Gasteiger partial charge in [0.1, 0.15) is 0 Å². The standard InChI is InChI=1S/C18H22O2/c19-18(20)12-17(14-5-2-1-3-6-14)16-10-9-13-7-4-8-15(13)11-16/h9-12,14H,1-8H2,(H,19,20)/b17-12+. The number of benzene rings is 1. The lowest BCUT2D eigenvalue weighted by Crippen LogP contribution is -2.10. The fourth-order valence-electron chi connectivity index (χ4n) is 3.73. The van der Waals surface area contributed by atoms with E-state index < -0.39 is 5.97 Å². The van der Waals surface area contributed by atoms with Crippen LogP contribution >= 0.6 is 0 Å². The zero-order valence-corrected chi connectivity index (χ0v) is 11.9. The lowest BCUT2D eigenvalue weighted by Gasteiger charge is -2.25. The van der Waals surface area contributed by atoms with Gasteiger partial charge in [-0.3, -0.25) is 0 Å². The molecule has 2 nitrogen and oxygen atoms in total. The summed E-state index contributed by atoms with van der Waals surface area (Å²) in [5.74, 6) is -0.384. The molecule has 0 saturated heterocycles. The zero-order valence-electron chi connectivity index (χ0n) is 11.9. The predicted molar refractivity (Wildman–Crippen MR) is 80.7 cm³/mol. The highest BCUT2D eigenvalue weighted by Gasteiger charge is 2.21. The van der Waals surface area contributed by atoms with Gasteiger partial charge in [-0.15, -0.1) is 0 Å². The Morgan fingerprint density at radius 1 is 1.05 bits per heavy atom. The van der Waals surface area contributed by atoms with Gasteiger partial charge in [-0.2, -0.15) is 0 Å². The molecule has 2 aliphatic carbocycles. The number of allylic oxidation sites excluding steroid dienone is 1. The van der Waals surface area contributed by atoms with Gasteiger partial charge in [-0.1, -0.05) is 37.5 Å². The number of hydrogen-bond donors (Lipinski definition) is 1. The lowest BCUT2D eigenvalue weighted by atomic mass is 9.80. The van der Waals surface area contributed by atoms with Crippen LogP contribution in [-0.2, 0) is 17.6 Å². The molecule has 1 N–H and O–H groups in total. The van der Waals surface area contributed by atoms with E-state index in [2.05, 4.69) is 18.2 Å². The first-order chi connectivity index (χ1) is 9.74. The number of fused-ring (bicyclic) bond motifs is 1. The Morgan fingerprint density at radius 2 is 1.80 bits per heavy atom. The number of carboxylic acid groups (broad SMARTS) is 1. The van der Waals surface area contributed by atoms with Gasteiger partial charge < -0.3 is 5.11 Å². The van der Waals surface area contributed by atoms with Crippen LogP contribution in [0.25, 0.3) is 5.57 Å². The minimum Gasteiger partial charge on any atom is -0.478 e. The Kier molecular flexibility index (Phi) is 3.90. The Morgan fingerprint density at radius 3 is 2.55 bits per heavy atom. The number of rotatable bonds is 3. The molecule has 1 aromatic rings. The fraction of sp³-hybridized carbons (Fsp3) is 0.500. The van der Waals surface area contributed by atoms with Crippen molar-refractivity contribution >= 4 is 11.5 Å². The molecule has 1 aromatic carbocycles. The first-order valence-corrected chi connectivity index (χ1v) is 7.81. The first kappa shape index (κ1) is 13.4. The van der Waals surface area contributed by atoms with Crippen LogP contribution in [0, 0.1) is 5.92 Å². The van der Waals surface area contributed by atoms with E-state index >= 15 is 0 Å². The summed E-state index contributed by atoms with van der Waals surface area (Å²) in [5, 5.41) is 9.19. The van der Waals surface area contributed by atoms with Crippen molar-refractivity contribution in [2.45, 2.75) is 51.4 Å². The van der Waals surface area contributed by atoms with Crippen molar-refractivity contribution in [2.24, 2.45) is 5.92 Å². The van der Waals surface area contributed by atoms with E-state index in [-0.39, 0.29) is 0 Å². The highest BCUT2D eigenvalue weighted by Crippen LogP contribution is 2.36. The van der Waals surface area contributed by atoms with Crippen LogP contribution in [0.5, 0.6) is 0 Å². The minimum absolute atomic E-state index is 0.430. The molecule has 0 aromatic heterocycles. The first-order valence-electron chi connectivity index (χ1n) is 7.81. The summed E-state index contributed by atoms with van der Waals surface area (Å²) in [7, 11) is 0. The molecule has 0 amide bonds. The summed E-state index contributed by atoms with van der Waals surface area (Å²) in [6, 6.07) is 6.58. The summed E-state index contributed by atoms with van der Waals surface area (Å²) < 4.78 is 0. The van der Waals surface area contributed by atoms with Gasteiger partial charge in [0.15, 0.2) is 0 Å². The van der Waals surface area contributed by atoms with Crippen LogP contribution in [-0.4, -0.2) is 11.1 Å². The molecule has 106 valence electrons. The van der Waals surface area contributed by atoms with Crippen molar-refractivity contribution < 1.29 is 9.90 Å². The normalized spacial score (nSPS) is 19.9. The van der Waals surface area contributed by atoms with Crippen molar-refractivity contribution in [1.82, 2.24) is 0 Å². The summed E-state index contributed by atoms with van der Waals surface area (Å²) in [6.45, 7) is 0. The molecule has 0 aliphatic heterocycles. The van der Waals surface area contributed by atoms with Crippen LogP contribution < -0.4 is 0 Å². The molecule has 0 atom stereocenters. The Hall–Kier alpha value is -1.57. The molecule has 1 fully saturated rings. The van der Waals surface area contributed by atoms with Crippen LogP contribution in [0.3, 0.4) is 0 Å². The lowest BCUT2D eigenvalue weighted by molar-refractivity contribution is -0.131. The average Bonchev–Trinajstić information content (AvgIpc) is 2.93. The maximum Gasteiger partial charge on any atom is 0.328 e. The van der Waals surface area contributed by atoms with Crippen molar-refractivity contribution in [1.29, 1.82) is 0 Å². The molecule has 0 spiro atoms. The second-order valence-corrected chi connectivity index (χ2v) is 6.11. The molecule has 0 unspecified atom stereocenters. The molecule has 1 saturated carbocycles. The van der Waals surface area contributed by atoms with Crippen LogP contribution in [0.2, 0.25) is 0 Å². The average molecular weight is 270 g/mol. The largest absolute Gasteiger partial charge is 0.478 e. The number of hydrogen-bond acceptors (Lipinski definition) is 1. The molecular formula is C18H22O2. The molecule has 20 heavy (non-hydrogen) atoms. The van der Waals surface area contributed by atoms with E-state index in [1.807, 2.05) is 0 Å². The van der Waals surface area contributed by atoms with Gasteiger partial charge in [-0.05, 0) is 60.3 Å². The number of carboxylic acids is 1. The molecular weight excluding hydrogens is 248 g/mol. The zero-order chi connectivity index (χ0) is 13.9. The molecule has 2 heteroatoms. The maximum atomic E-state index is 11.2. The highest BCUT2D eigenvalue weighted by atomic mass is 16.4. The van der Waals surface area contributed by atoms with Gasteiger partial charge >= 0.3 is 5.97 Å². The smallest absolute Gasteiger partial charge is 0.328 e. The predicted octanol–water partition coefficient (Wildman–Crippen LogP) is 4.22. The van der Waals surface area contributed by atoms with E-state index in [4.69, 9.17) is 0 Å². The van der Waals surface area contributed by atoms with Crippen molar-refractivity contribution in [3.8, 4) is 0 Å². The van der Waals surface area contributed by atoms with Crippen LogP contribution in [0.1, 0.15) is 55.2 Å². The van der Waals surface area contributed by atoms with E-state index in [0.29, 0.717) is 5.92 Å². The van der Waals surface area contributed by atoms with Crippen LogP contribution in [0.15, 0.2) is 24.3 Å². The second-order valence-electron chi connectivity index (χ2n) is 6.11. The maximum absolute atomic E-state index is 11.2. The number of aryl methyl sites for hydroxylation is 2. The molecule has 2 aliphatic rings. The summed E-state index contributed by atoms with van der Waals surface area (Å²) in [6.07, 6.45) is 11.0. The Bertz CT molecular complexity index is 536. The van der Waals surface area contributed by atoms with Crippen molar-refractivity contribution in [2.75, 3.05) is 0 Å². The Balaban J connectivity index is 1.94. The highest BCUT2D eigenvalue weighted by molar-refractivity contribution is 5.90. The van der Waals surface area contributed by atoms with E-state index in [1.54, 1.807) is 0 Å². The SMILES string of the molecule is O=C(O)/C=C(/c1ccc2c(c1)CCC2)C1CCCCC1. The summed E-state index contributed by atoms with van der Waals surface area (Å²) >= 11 is 0. The quantitative estimate of drug-likeness (QED) is 0.835. The third-order valence-electron chi connectivity index (χ3n) is 4.76. The number of carbonyl (C=O) groups is 1. The monoisotopic (exact) mass is 270 g/mol.